The van der Waals surface area contributed by atoms with Gasteiger partial charge in [0.25, 0.3) is 0 Å². The van der Waals surface area contributed by atoms with Crippen LogP contribution in [0.4, 0.5) is 0 Å². The lowest BCUT2D eigenvalue weighted by atomic mass is 9.99. The zero-order valence-corrected chi connectivity index (χ0v) is 9.62. The maximum Gasteiger partial charge on any atom is 0.156 e. The van der Waals surface area contributed by atoms with E-state index in [1.54, 1.807) is 0 Å². The molecule has 0 saturated heterocycles. The molecule has 3 unspecified atom stereocenters. The van der Waals surface area contributed by atoms with Crippen LogP contribution in [0.2, 0.25) is 0 Å². The van der Waals surface area contributed by atoms with Gasteiger partial charge in [-0.2, -0.15) is 0 Å². The Morgan fingerprint density at radius 2 is 1.93 bits per heavy atom. The Morgan fingerprint density at radius 3 is 2.29 bits per heavy atom. The van der Waals surface area contributed by atoms with Crippen molar-refractivity contribution in [2.45, 2.75) is 52.6 Å². The van der Waals surface area contributed by atoms with Crippen molar-refractivity contribution in [3.8, 4) is 0 Å². The fourth-order valence-corrected chi connectivity index (χ4v) is 1.32. The van der Waals surface area contributed by atoms with E-state index in [1.165, 1.54) is 0 Å². The third-order valence-corrected chi connectivity index (χ3v) is 2.84. The predicted molar refractivity (Wildman–Crippen MR) is 59.5 cm³/mol. The summed E-state index contributed by atoms with van der Waals surface area (Å²) in [5.41, 5.74) is 5.56. The number of rotatable bonds is 6. The van der Waals surface area contributed by atoms with E-state index in [0.717, 1.165) is 12.8 Å². The second-order valence-electron chi connectivity index (χ2n) is 3.83. The summed E-state index contributed by atoms with van der Waals surface area (Å²) >= 11 is 0. The molecule has 0 spiro atoms. The number of hydrogen-bond acceptors (Lipinski definition) is 3. The van der Waals surface area contributed by atoms with Crippen molar-refractivity contribution in [1.29, 1.82) is 0 Å². The van der Waals surface area contributed by atoms with Crippen molar-refractivity contribution in [2.75, 3.05) is 0 Å². The van der Waals surface area contributed by atoms with Crippen LogP contribution in [0.25, 0.3) is 0 Å². The van der Waals surface area contributed by atoms with Gasteiger partial charge in [-0.3, -0.25) is 0 Å². The molecule has 0 aliphatic carbocycles. The van der Waals surface area contributed by atoms with E-state index in [0.29, 0.717) is 12.0 Å². The van der Waals surface area contributed by atoms with Crippen molar-refractivity contribution in [1.82, 2.24) is 5.32 Å². The minimum atomic E-state index is -0.0241. The standard InChI is InChI=1S/C10H23N3O/c1-5-7(3)8(4)12-9(6-2)10(11)13-14/h7-9,12,14H,5-6H2,1-4H3,(H2,11,13). The summed E-state index contributed by atoms with van der Waals surface area (Å²) in [6.07, 6.45) is 1.96. The van der Waals surface area contributed by atoms with Crippen LogP contribution in [0.3, 0.4) is 0 Å². The summed E-state index contributed by atoms with van der Waals surface area (Å²) in [6.45, 7) is 8.49. The number of nitrogens with two attached hydrogens (primary N) is 1. The number of nitrogens with one attached hydrogen (secondary N) is 1. The molecule has 4 nitrogen and oxygen atoms in total. The Bertz CT molecular complexity index is 182. The molecule has 0 aliphatic heterocycles. The fraction of sp³-hybridized carbons (Fsp3) is 0.900. The molecule has 0 aromatic rings. The first-order valence-corrected chi connectivity index (χ1v) is 5.30. The molecule has 84 valence electrons. The van der Waals surface area contributed by atoms with Gasteiger partial charge in [0.05, 0.1) is 6.04 Å². The molecule has 0 aromatic heterocycles. The Kier molecular flexibility index (Phi) is 6.28. The first kappa shape index (κ1) is 13.2. The average Bonchev–Trinajstić information content (AvgIpc) is 2.22. The first-order chi connectivity index (χ1) is 6.56. The number of oxime groups is 1. The van der Waals surface area contributed by atoms with Gasteiger partial charge in [-0.15, -0.1) is 0 Å². The zero-order chi connectivity index (χ0) is 11.1. The van der Waals surface area contributed by atoms with E-state index in [9.17, 15) is 0 Å². The van der Waals surface area contributed by atoms with Crippen LogP contribution < -0.4 is 11.1 Å². The number of hydrogen-bond donors (Lipinski definition) is 3. The Labute approximate surface area is 86.6 Å². The first-order valence-electron chi connectivity index (χ1n) is 5.30. The van der Waals surface area contributed by atoms with Gasteiger partial charge in [-0.25, -0.2) is 0 Å². The largest absolute Gasteiger partial charge is 0.409 e. The second-order valence-corrected chi connectivity index (χ2v) is 3.83. The summed E-state index contributed by atoms with van der Waals surface area (Å²) in [6, 6.07) is 0.356. The molecule has 3 atom stereocenters. The molecule has 0 heterocycles. The fourth-order valence-electron chi connectivity index (χ4n) is 1.32. The summed E-state index contributed by atoms with van der Waals surface area (Å²) in [7, 11) is 0. The SMILES string of the molecule is CCC(NC(C)C(C)CC)C(N)=NO. The van der Waals surface area contributed by atoms with E-state index in [4.69, 9.17) is 10.9 Å². The summed E-state index contributed by atoms with van der Waals surface area (Å²) < 4.78 is 0. The molecule has 14 heavy (non-hydrogen) atoms. The normalized spacial score (nSPS) is 19.0. The van der Waals surface area contributed by atoms with Crippen LogP contribution in [-0.2, 0) is 0 Å². The van der Waals surface area contributed by atoms with Crippen LogP contribution in [0.1, 0.15) is 40.5 Å². The van der Waals surface area contributed by atoms with E-state index in [1.807, 2.05) is 6.92 Å². The van der Waals surface area contributed by atoms with Crippen LogP contribution in [0.15, 0.2) is 5.16 Å². The van der Waals surface area contributed by atoms with Crippen LogP contribution >= 0.6 is 0 Å². The third-order valence-electron chi connectivity index (χ3n) is 2.84. The molecule has 0 aliphatic rings. The topological polar surface area (TPSA) is 70.6 Å². The molecular weight excluding hydrogens is 178 g/mol. The lowest BCUT2D eigenvalue weighted by molar-refractivity contribution is 0.310. The van der Waals surface area contributed by atoms with Gasteiger partial charge >= 0.3 is 0 Å². The summed E-state index contributed by atoms with van der Waals surface area (Å²) in [4.78, 5) is 0. The van der Waals surface area contributed by atoms with Crippen molar-refractivity contribution < 1.29 is 5.21 Å². The summed E-state index contributed by atoms with van der Waals surface area (Å²) in [5, 5.41) is 14.9. The van der Waals surface area contributed by atoms with Crippen molar-refractivity contribution in [3.63, 3.8) is 0 Å². The maximum absolute atomic E-state index is 8.57. The van der Waals surface area contributed by atoms with Gasteiger partial charge in [0.2, 0.25) is 0 Å². The van der Waals surface area contributed by atoms with Crippen LogP contribution in [-0.4, -0.2) is 23.1 Å². The van der Waals surface area contributed by atoms with Gasteiger partial charge in [0.1, 0.15) is 0 Å². The van der Waals surface area contributed by atoms with E-state index >= 15 is 0 Å². The highest BCUT2D eigenvalue weighted by atomic mass is 16.4. The van der Waals surface area contributed by atoms with Crippen molar-refractivity contribution in [2.24, 2.45) is 16.8 Å². The highest BCUT2D eigenvalue weighted by molar-refractivity contribution is 5.85. The van der Waals surface area contributed by atoms with Gasteiger partial charge in [0, 0.05) is 6.04 Å². The van der Waals surface area contributed by atoms with Gasteiger partial charge in [0.15, 0.2) is 5.84 Å². The van der Waals surface area contributed by atoms with E-state index in [2.05, 4.69) is 31.2 Å². The molecule has 0 radical (unpaired) electrons. The van der Waals surface area contributed by atoms with Gasteiger partial charge < -0.3 is 16.3 Å². The molecule has 0 rings (SSSR count). The monoisotopic (exact) mass is 201 g/mol. The highest BCUT2D eigenvalue weighted by Gasteiger charge is 2.17. The predicted octanol–water partition coefficient (Wildman–Crippen LogP) is 1.54. The van der Waals surface area contributed by atoms with E-state index in [-0.39, 0.29) is 11.9 Å². The lowest BCUT2D eigenvalue weighted by Crippen LogP contribution is -2.47. The smallest absolute Gasteiger partial charge is 0.156 e. The molecule has 0 bridgehead atoms. The molecule has 0 fully saturated rings. The lowest BCUT2D eigenvalue weighted by Gasteiger charge is -2.25. The van der Waals surface area contributed by atoms with E-state index < -0.39 is 0 Å². The average molecular weight is 201 g/mol. The quantitative estimate of drug-likeness (QED) is 0.264. The molecule has 4 heteroatoms. The molecule has 4 N–H and O–H groups in total. The maximum atomic E-state index is 8.57. The molecular formula is C10H23N3O. The highest BCUT2D eigenvalue weighted by Crippen LogP contribution is 2.08. The van der Waals surface area contributed by atoms with Crippen LogP contribution in [0, 0.1) is 5.92 Å². The molecule has 0 aromatic carbocycles. The van der Waals surface area contributed by atoms with Crippen molar-refractivity contribution >= 4 is 5.84 Å². The van der Waals surface area contributed by atoms with Crippen molar-refractivity contribution in [3.05, 3.63) is 0 Å². The molecule has 0 saturated carbocycles. The minimum Gasteiger partial charge on any atom is -0.409 e. The Balaban J connectivity index is 4.18. The van der Waals surface area contributed by atoms with Gasteiger partial charge in [-0.1, -0.05) is 32.3 Å². The summed E-state index contributed by atoms with van der Waals surface area (Å²) in [5.74, 6) is 0.859. The number of amidine groups is 1. The van der Waals surface area contributed by atoms with Gasteiger partial charge in [-0.05, 0) is 19.3 Å². The molecule has 0 amide bonds. The zero-order valence-electron chi connectivity index (χ0n) is 9.62. The van der Waals surface area contributed by atoms with Crippen LogP contribution in [0.5, 0.6) is 0 Å². The second kappa shape index (κ2) is 6.65. The minimum absolute atomic E-state index is 0.0241. The Morgan fingerprint density at radius 1 is 1.36 bits per heavy atom. The number of nitrogens with zero attached hydrogens (tertiary/aromatic N) is 1. The Hall–Kier alpha value is -0.770. The third kappa shape index (κ3) is 3.96.